The molecule has 0 aliphatic carbocycles. The fourth-order valence-corrected chi connectivity index (χ4v) is 3.18. The molecule has 0 saturated heterocycles. The molecule has 7 nitrogen and oxygen atoms in total. The van der Waals surface area contributed by atoms with Gasteiger partial charge in [0.15, 0.2) is 0 Å². The second-order valence-electron chi connectivity index (χ2n) is 6.29. The summed E-state index contributed by atoms with van der Waals surface area (Å²) in [6.45, 7) is 1.86. The topological polar surface area (TPSA) is 88.9 Å². The van der Waals surface area contributed by atoms with Crippen LogP contribution in [0.1, 0.15) is 33.9 Å². The largest absolute Gasteiger partial charge is 0.295 e. The summed E-state index contributed by atoms with van der Waals surface area (Å²) in [5.74, 6) is -0.0252. The molecule has 4 rings (SSSR count). The van der Waals surface area contributed by atoms with Crippen LogP contribution in [0.25, 0.3) is 0 Å². The molecule has 1 aliphatic heterocycles. The first-order valence-electron chi connectivity index (χ1n) is 8.40. The van der Waals surface area contributed by atoms with E-state index in [1.165, 1.54) is 0 Å². The van der Waals surface area contributed by atoms with Crippen molar-refractivity contribution in [1.29, 1.82) is 0 Å². The van der Waals surface area contributed by atoms with Crippen molar-refractivity contribution in [3.8, 4) is 0 Å². The second kappa shape index (κ2) is 6.85. The van der Waals surface area contributed by atoms with E-state index in [1.54, 1.807) is 28.9 Å². The van der Waals surface area contributed by atoms with Crippen LogP contribution in [0, 0.1) is 6.92 Å². The van der Waals surface area contributed by atoms with Gasteiger partial charge in [0.2, 0.25) is 11.9 Å². The Labute approximate surface area is 160 Å². The van der Waals surface area contributed by atoms with E-state index in [0.29, 0.717) is 16.5 Å². The van der Waals surface area contributed by atoms with Gasteiger partial charge in [-0.1, -0.05) is 41.9 Å². The Morgan fingerprint density at radius 1 is 1.22 bits per heavy atom. The van der Waals surface area contributed by atoms with Crippen molar-refractivity contribution < 1.29 is 9.59 Å². The third-order valence-electron chi connectivity index (χ3n) is 4.43. The molecule has 2 N–H and O–H groups in total. The van der Waals surface area contributed by atoms with Crippen molar-refractivity contribution in [2.24, 2.45) is 0 Å². The van der Waals surface area contributed by atoms with Gasteiger partial charge in [0, 0.05) is 10.6 Å². The van der Waals surface area contributed by atoms with Gasteiger partial charge >= 0.3 is 0 Å². The van der Waals surface area contributed by atoms with Gasteiger partial charge in [-0.15, -0.1) is 5.10 Å². The Morgan fingerprint density at radius 3 is 2.70 bits per heavy atom. The summed E-state index contributed by atoms with van der Waals surface area (Å²) in [7, 11) is 0. The summed E-state index contributed by atoms with van der Waals surface area (Å²) in [5.41, 5.74) is 2.28. The maximum atomic E-state index is 12.5. The minimum Gasteiger partial charge on any atom is -0.295 e. The smallest absolute Gasteiger partial charge is 0.258 e. The molecule has 8 heteroatoms. The minimum atomic E-state index is -0.317. The highest BCUT2D eigenvalue weighted by Crippen LogP contribution is 2.30. The first-order chi connectivity index (χ1) is 13.0. The predicted molar refractivity (Wildman–Crippen MR) is 102 cm³/mol. The molecule has 0 bridgehead atoms. The molecular weight excluding hydrogens is 366 g/mol. The quantitative estimate of drug-likeness (QED) is 0.727. The minimum absolute atomic E-state index is 0.138. The van der Waals surface area contributed by atoms with Gasteiger partial charge in [0.25, 0.3) is 11.9 Å². The van der Waals surface area contributed by atoms with E-state index in [0.717, 1.165) is 11.1 Å². The van der Waals surface area contributed by atoms with E-state index in [1.807, 2.05) is 31.2 Å². The number of aryl methyl sites for hydroxylation is 1. The number of anilines is 2. The highest BCUT2D eigenvalue weighted by atomic mass is 35.5. The van der Waals surface area contributed by atoms with Crippen LogP contribution in [0.5, 0.6) is 0 Å². The lowest BCUT2D eigenvalue weighted by atomic mass is 10.0. The number of carbonyl (C=O) groups excluding carboxylic acids is 2. The first kappa shape index (κ1) is 17.2. The molecule has 2 aromatic carbocycles. The number of hydrogen-bond acceptors (Lipinski definition) is 4. The van der Waals surface area contributed by atoms with Crippen molar-refractivity contribution in [2.75, 3.05) is 10.6 Å². The maximum absolute atomic E-state index is 12.5. The Hall–Kier alpha value is -3.19. The van der Waals surface area contributed by atoms with Crippen molar-refractivity contribution in [1.82, 2.24) is 14.8 Å². The summed E-state index contributed by atoms with van der Waals surface area (Å²) >= 11 is 5.95. The third-order valence-corrected chi connectivity index (χ3v) is 4.68. The van der Waals surface area contributed by atoms with Crippen molar-refractivity contribution in [3.05, 3.63) is 70.2 Å². The van der Waals surface area contributed by atoms with Crippen molar-refractivity contribution >= 4 is 35.3 Å². The Kier molecular flexibility index (Phi) is 4.37. The summed E-state index contributed by atoms with van der Waals surface area (Å²) in [6.07, 6.45) is 0.225. The standard InChI is InChI=1S/C19H16ClN5O2/c1-11-4-2-3-5-14(11)17(27)22-18-23-19-21-16(26)10-15(25(19)24-18)12-6-8-13(20)9-7-12/h2-9,15H,10H2,1H3,(H2,21,22,23,24,26,27). The maximum Gasteiger partial charge on any atom is 0.258 e. The molecule has 0 saturated carbocycles. The number of carbonyl (C=O) groups is 2. The molecule has 136 valence electrons. The number of aromatic nitrogens is 3. The highest BCUT2D eigenvalue weighted by Gasteiger charge is 2.29. The molecule has 1 atom stereocenters. The van der Waals surface area contributed by atoms with Crippen LogP contribution in [0.4, 0.5) is 11.9 Å². The SMILES string of the molecule is Cc1ccccc1C(=O)Nc1nc2n(n1)C(c1ccc(Cl)cc1)CC(=O)N2. The van der Waals surface area contributed by atoms with Gasteiger partial charge in [-0.25, -0.2) is 4.68 Å². The molecule has 1 unspecified atom stereocenters. The van der Waals surface area contributed by atoms with Crippen LogP contribution < -0.4 is 10.6 Å². The fourth-order valence-electron chi connectivity index (χ4n) is 3.06. The number of amides is 2. The summed E-state index contributed by atoms with van der Waals surface area (Å²) in [6, 6.07) is 14.2. The van der Waals surface area contributed by atoms with Crippen molar-refractivity contribution in [2.45, 2.75) is 19.4 Å². The van der Waals surface area contributed by atoms with Gasteiger partial charge in [0.05, 0.1) is 12.5 Å². The van der Waals surface area contributed by atoms with Gasteiger partial charge in [-0.3, -0.25) is 20.2 Å². The molecule has 0 radical (unpaired) electrons. The summed E-state index contributed by atoms with van der Waals surface area (Å²) in [4.78, 5) is 28.8. The van der Waals surface area contributed by atoms with E-state index < -0.39 is 0 Å². The zero-order chi connectivity index (χ0) is 19.0. The van der Waals surface area contributed by atoms with E-state index in [-0.39, 0.29) is 30.2 Å². The number of rotatable bonds is 3. The average molecular weight is 382 g/mol. The lowest BCUT2D eigenvalue weighted by Gasteiger charge is -2.23. The van der Waals surface area contributed by atoms with Gasteiger partial charge in [0.1, 0.15) is 0 Å². The number of benzene rings is 2. The van der Waals surface area contributed by atoms with E-state index in [4.69, 9.17) is 11.6 Å². The molecule has 1 aromatic heterocycles. The van der Waals surface area contributed by atoms with E-state index in [2.05, 4.69) is 20.7 Å². The average Bonchev–Trinajstić information content (AvgIpc) is 3.04. The van der Waals surface area contributed by atoms with Crippen LogP contribution in [-0.2, 0) is 4.79 Å². The first-order valence-corrected chi connectivity index (χ1v) is 8.78. The molecule has 3 aromatic rings. The van der Waals surface area contributed by atoms with E-state index in [9.17, 15) is 9.59 Å². The zero-order valence-corrected chi connectivity index (χ0v) is 15.2. The predicted octanol–water partition coefficient (Wildman–Crippen LogP) is 3.42. The third kappa shape index (κ3) is 3.41. The Balaban J connectivity index is 1.64. The Morgan fingerprint density at radius 2 is 1.96 bits per heavy atom. The van der Waals surface area contributed by atoms with Gasteiger partial charge in [-0.2, -0.15) is 4.98 Å². The van der Waals surface area contributed by atoms with Gasteiger partial charge < -0.3 is 0 Å². The lowest BCUT2D eigenvalue weighted by Crippen LogP contribution is -2.29. The molecule has 2 amide bonds. The summed E-state index contributed by atoms with van der Waals surface area (Å²) < 4.78 is 1.61. The molecule has 1 aliphatic rings. The molecule has 0 fully saturated rings. The number of fused-ring (bicyclic) bond motifs is 1. The van der Waals surface area contributed by atoms with Crippen LogP contribution in [-0.4, -0.2) is 26.6 Å². The lowest BCUT2D eigenvalue weighted by molar-refractivity contribution is -0.117. The number of halogens is 1. The molecular formula is C19H16ClN5O2. The van der Waals surface area contributed by atoms with Crippen molar-refractivity contribution in [3.63, 3.8) is 0 Å². The van der Waals surface area contributed by atoms with Gasteiger partial charge in [-0.05, 0) is 36.2 Å². The number of hydrogen-bond donors (Lipinski definition) is 2. The summed E-state index contributed by atoms with van der Waals surface area (Å²) in [5, 5.41) is 10.4. The van der Waals surface area contributed by atoms with E-state index >= 15 is 0 Å². The normalized spacial score (nSPS) is 15.8. The van der Waals surface area contributed by atoms with Crippen LogP contribution in [0.3, 0.4) is 0 Å². The highest BCUT2D eigenvalue weighted by molar-refractivity contribution is 6.30. The van der Waals surface area contributed by atoms with Crippen LogP contribution >= 0.6 is 11.6 Å². The molecule has 0 spiro atoms. The Bertz CT molecular complexity index is 1030. The number of nitrogens with zero attached hydrogens (tertiary/aromatic N) is 3. The fraction of sp³-hybridized carbons (Fsp3) is 0.158. The second-order valence-corrected chi connectivity index (χ2v) is 6.73. The van der Waals surface area contributed by atoms with Crippen LogP contribution in [0.2, 0.25) is 5.02 Å². The molecule has 2 heterocycles. The van der Waals surface area contributed by atoms with Crippen LogP contribution in [0.15, 0.2) is 48.5 Å². The monoisotopic (exact) mass is 381 g/mol. The number of nitrogens with one attached hydrogen (secondary N) is 2. The molecule has 27 heavy (non-hydrogen) atoms. The zero-order valence-electron chi connectivity index (χ0n) is 14.4.